The molecule has 1 saturated heterocycles. The van der Waals surface area contributed by atoms with E-state index in [0.717, 1.165) is 59.5 Å². The van der Waals surface area contributed by atoms with Gasteiger partial charge in [-0.1, -0.05) is 25.6 Å². The van der Waals surface area contributed by atoms with Gasteiger partial charge in [0, 0.05) is 54.7 Å². The number of nitrogens with zero attached hydrogens (tertiary/aromatic N) is 3. The molecule has 1 amide bonds. The lowest BCUT2D eigenvalue weighted by Gasteiger charge is -2.32. The van der Waals surface area contributed by atoms with Crippen LogP contribution < -0.4 is 5.73 Å². The Morgan fingerprint density at radius 2 is 1.92 bits per heavy atom. The maximum Gasteiger partial charge on any atom is 0.254 e. The fourth-order valence-corrected chi connectivity index (χ4v) is 4.61. The minimum Gasteiger partial charge on any atom is -0.337 e. The number of hydrogen-bond donors (Lipinski definition) is 1. The van der Waals surface area contributed by atoms with Crippen LogP contribution in [0.15, 0.2) is 95.8 Å². The number of allylic oxidation sites excluding steroid dienone is 4. The molecule has 0 radical (unpaired) electrons. The Hall–Kier alpha value is -3.77. The van der Waals surface area contributed by atoms with Crippen molar-refractivity contribution < 1.29 is 9.18 Å². The molecule has 1 aromatic heterocycles. The number of aromatic nitrogens is 1. The summed E-state index contributed by atoms with van der Waals surface area (Å²) in [5.74, 6) is -0.220. The number of amides is 1. The van der Waals surface area contributed by atoms with Crippen LogP contribution in [0.5, 0.6) is 0 Å². The van der Waals surface area contributed by atoms with Crippen molar-refractivity contribution in [3.8, 4) is 0 Å². The Balaban J connectivity index is 0.000000449. The van der Waals surface area contributed by atoms with Crippen LogP contribution in [0.25, 0.3) is 6.08 Å². The molecule has 6 heteroatoms. The van der Waals surface area contributed by atoms with Crippen LogP contribution in [0.3, 0.4) is 0 Å². The highest BCUT2D eigenvalue weighted by atomic mass is 19.1. The Labute approximate surface area is 232 Å². The lowest BCUT2D eigenvalue weighted by molar-refractivity contribution is -0.127. The molecule has 0 aliphatic carbocycles. The lowest BCUT2D eigenvalue weighted by Crippen LogP contribution is -2.46. The second-order valence-corrected chi connectivity index (χ2v) is 10.2. The zero-order valence-corrected chi connectivity index (χ0v) is 23.9. The summed E-state index contributed by atoms with van der Waals surface area (Å²) < 4.78 is 13.4. The van der Waals surface area contributed by atoms with Crippen LogP contribution in [0, 0.1) is 12.7 Å². The molecular formula is C33H41FN4O. The van der Waals surface area contributed by atoms with E-state index in [1.807, 2.05) is 73.4 Å². The van der Waals surface area contributed by atoms with Crippen LogP contribution in [-0.4, -0.2) is 39.8 Å². The van der Waals surface area contributed by atoms with Crippen LogP contribution in [0.1, 0.15) is 57.2 Å². The van der Waals surface area contributed by atoms with Crippen molar-refractivity contribution in [3.63, 3.8) is 0 Å². The summed E-state index contributed by atoms with van der Waals surface area (Å²) in [4.78, 5) is 20.6. The predicted molar refractivity (Wildman–Crippen MR) is 159 cm³/mol. The highest BCUT2D eigenvalue weighted by Gasteiger charge is 2.25. The highest BCUT2D eigenvalue weighted by Crippen LogP contribution is 2.27. The van der Waals surface area contributed by atoms with Gasteiger partial charge in [-0.3, -0.25) is 9.78 Å². The topological polar surface area (TPSA) is 62.5 Å². The first-order valence-corrected chi connectivity index (χ1v) is 13.5. The third-order valence-corrected chi connectivity index (χ3v) is 7.28. The smallest absolute Gasteiger partial charge is 0.254 e. The minimum atomic E-state index is -0.228. The molecule has 2 aromatic rings. The fourth-order valence-electron chi connectivity index (χ4n) is 4.61. The third kappa shape index (κ3) is 8.11. The van der Waals surface area contributed by atoms with E-state index >= 15 is 0 Å². The van der Waals surface area contributed by atoms with Crippen LogP contribution in [0.2, 0.25) is 0 Å². The molecule has 2 aliphatic heterocycles. The van der Waals surface area contributed by atoms with E-state index in [1.165, 1.54) is 11.6 Å². The van der Waals surface area contributed by atoms with Gasteiger partial charge in [-0.25, -0.2) is 4.39 Å². The third-order valence-electron chi connectivity index (χ3n) is 7.28. The summed E-state index contributed by atoms with van der Waals surface area (Å²) in [7, 11) is 0. The summed E-state index contributed by atoms with van der Waals surface area (Å²) in [6.07, 6.45) is 14.3. The number of rotatable bonds is 5. The Morgan fingerprint density at radius 1 is 1.21 bits per heavy atom. The number of carbonyl (C=O) groups is 1. The summed E-state index contributed by atoms with van der Waals surface area (Å²) in [6.45, 7) is 15.7. The van der Waals surface area contributed by atoms with E-state index in [0.29, 0.717) is 12.1 Å². The molecule has 39 heavy (non-hydrogen) atoms. The maximum absolute atomic E-state index is 13.4. The molecule has 0 spiro atoms. The van der Waals surface area contributed by atoms with Crippen molar-refractivity contribution in [2.75, 3.05) is 13.1 Å². The second kappa shape index (κ2) is 13.9. The van der Waals surface area contributed by atoms with Gasteiger partial charge in [0.25, 0.3) is 5.91 Å². The number of likely N-dealkylation sites (tertiary alicyclic amines) is 1. The van der Waals surface area contributed by atoms with Gasteiger partial charge in [0.1, 0.15) is 5.82 Å². The first kappa shape index (κ1) is 29.8. The average Bonchev–Trinajstić information content (AvgIpc) is 2.94. The SMILES string of the molecule is C=C1C=C(C(=O)N2CCCC(N)C2)C=CN1/C(C)=C(C)/C(C)=C/c1ccc(F)cc1C.CCc1ccncc1. The van der Waals surface area contributed by atoms with E-state index in [4.69, 9.17) is 5.73 Å². The number of pyridine rings is 1. The molecule has 2 aliphatic rings. The van der Waals surface area contributed by atoms with E-state index in [9.17, 15) is 9.18 Å². The van der Waals surface area contributed by atoms with Gasteiger partial charge in [-0.15, -0.1) is 0 Å². The van der Waals surface area contributed by atoms with Gasteiger partial charge in [0.15, 0.2) is 0 Å². The van der Waals surface area contributed by atoms with Gasteiger partial charge in [0.05, 0.1) is 0 Å². The molecule has 1 unspecified atom stereocenters. The Bertz CT molecular complexity index is 1310. The molecule has 0 bridgehead atoms. The quantitative estimate of drug-likeness (QED) is 0.439. The van der Waals surface area contributed by atoms with E-state index in [2.05, 4.69) is 31.5 Å². The van der Waals surface area contributed by atoms with Crippen molar-refractivity contribution in [2.45, 2.75) is 59.9 Å². The molecule has 5 nitrogen and oxygen atoms in total. The van der Waals surface area contributed by atoms with Gasteiger partial charge in [-0.2, -0.15) is 0 Å². The molecule has 0 saturated carbocycles. The van der Waals surface area contributed by atoms with Crippen molar-refractivity contribution >= 4 is 12.0 Å². The second-order valence-electron chi connectivity index (χ2n) is 10.2. The molecule has 206 valence electrons. The van der Waals surface area contributed by atoms with E-state index in [1.54, 1.807) is 12.1 Å². The number of nitrogens with two attached hydrogens (primary N) is 1. The summed E-state index contributed by atoms with van der Waals surface area (Å²) in [5, 5.41) is 0. The largest absolute Gasteiger partial charge is 0.337 e. The van der Waals surface area contributed by atoms with Crippen LogP contribution >= 0.6 is 0 Å². The predicted octanol–water partition coefficient (Wildman–Crippen LogP) is 6.69. The van der Waals surface area contributed by atoms with Crippen molar-refractivity contribution in [1.82, 2.24) is 14.8 Å². The van der Waals surface area contributed by atoms with Gasteiger partial charge in [0.2, 0.25) is 0 Å². The van der Waals surface area contributed by atoms with Crippen molar-refractivity contribution in [2.24, 2.45) is 5.73 Å². The Kier molecular flexibility index (Phi) is 10.6. The van der Waals surface area contributed by atoms with E-state index < -0.39 is 0 Å². The van der Waals surface area contributed by atoms with E-state index in [-0.39, 0.29) is 17.8 Å². The monoisotopic (exact) mass is 528 g/mol. The first-order valence-electron chi connectivity index (χ1n) is 13.5. The number of carbonyl (C=O) groups excluding carboxylic acids is 1. The van der Waals surface area contributed by atoms with Gasteiger partial charge in [-0.05, 0) is 111 Å². The molecule has 4 rings (SSSR count). The van der Waals surface area contributed by atoms with Crippen LogP contribution in [0.4, 0.5) is 4.39 Å². The van der Waals surface area contributed by atoms with Crippen molar-refractivity contribution in [1.29, 1.82) is 0 Å². The summed E-state index contributed by atoms with van der Waals surface area (Å²) in [5.41, 5.74) is 13.9. The molecule has 2 N–H and O–H groups in total. The zero-order chi connectivity index (χ0) is 28.5. The summed E-state index contributed by atoms with van der Waals surface area (Å²) >= 11 is 0. The standard InChI is InChI=1S/C26H32FN3O.C7H9N/c1-17(13-22-8-9-24(27)14-18(22)2)20(4)21(5)30-12-10-23(15-19(30)3)26(31)29-11-6-7-25(28)16-29;1-2-7-3-5-8-6-4-7/h8-10,12-15,25H,3,6-7,11,16,28H2,1-2,4-5H3;3-6H,2H2,1H3/b17-13+,21-20+;. The normalized spacial score (nSPS) is 18.2. The number of benzene rings is 1. The highest BCUT2D eigenvalue weighted by molar-refractivity contribution is 5.97. The average molecular weight is 529 g/mol. The number of hydrogen-bond acceptors (Lipinski definition) is 4. The summed E-state index contributed by atoms with van der Waals surface area (Å²) in [6, 6.07) is 8.92. The number of aryl methyl sites for hydroxylation is 2. The fraction of sp³-hybridized carbons (Fsp3) is 0.333. The zero-order valence-electron chi connectivity index (χ0n) is 23.9. The first-order chi connectivity index (χ1) is 18.6. The van der Waals surface area contributed by atoms with Gasteiger partial charge >= 0.3 is 0 Å². The van der Waals surface area contributed by atoms with Crippen molar-refractivity contribution in [3.05, 3.63) is 118 Å². The maximum atomic E-state index is 13.4. The van der Waals surface area contributed by atoms with Gasteiger partial charge < -0.3 is 15.5 Å². The Morgan fingerprint density at radius 3 is 2.51 bits per heavy atom. The molecular weight excluding hydrogens is 487 g/mol. The molecule has 1 aromatic carbocycles. The van der Waals surface area contributed by atoms with Crippen LogP contribution in [-0.2, 0) is 11.2 Å². The number of piperidine rings is 1. The minimum absolute atomic E-state index is 0.00779. The molecule has 3 heterocycles. The molecule has 1 fully saturated rings. The lowest BCUT2D eigenvalue weighted by atomic mass is 10.00. The molecule has 1 atom stereocenters. The number of halogens is 1.